The van der Waals surface area contributed by atoms with Crippen LogP contribution in [0.2, 0.25) is 0 Å². The fraction of sp³-hybridized carbons (Fsp3) is 0.182. The van der Waals surface area contributed by atoms with Crippen LogP contribution in [0.5, 0.6) is 0 Å². The van der Waals surface area contributed by atoms with Crippen LogP contribution in [-0.4, -0.2) is 14.6 Å². The Morgan fingerprint density at radius 1 is 1.12 bits per heavy atom. The minimum absolute atomic E-state index is 0.629. The van der Waals surface area contributed by atoms with Crippen molar-refractivity contribution < 1.29 is 0 Å². The summed E-state index contributed by atoms with van der Waals surface area (Å²) in [5.41, 5.74) is 8.54. The number of aromatic nitrogens is 3. The Morgan fingerprint density at radius 3 is 2.96 bits per heavy atom. The van der Waals surface area contributed by atoms with E-state index in [9.17, 15) is 0 Å². The normalized spacial score (nSPS) is 19.0. The standard InChI is InChI=1S/C22H19N3/c1-15-2-4-16(5-3-15)18-13-21-20(6-7-22(21)23-14-18)17-9-11-25-19(12-17)8-10-24-25/h2,4-6,8-15H,3,7H2,1H3. The van der Waals surface area contributed by atoms with E-state index in [0.717, 1.165) is 18.4 Å². The molecule has 3 heteroatoms. The van der Waals surface area contributed by atoms with Crippen LogP contribution in [0.3, 0.4) is 0 Å². The first kappa shape index (κ1) is 14.4. The summed E-state index contributed by atoms with van der Waals surface area (Å²) in [4.78, 5) is 4.74. The maximum Gasteiger partial charge on any atom is 0.0667 e. The van der Waals surface area contributed by atoms with Gasteiger partial charge in [-0.15, -0.1) is 0 Å². The summed E-state index contributed by atoms with van der Waals surface area (Å²) in [6.07, 6.45) is 17.0. The van der Waals surface area contributed by atoms with Gasteiger partial charge in [0.25, 0.3) is 0 Å². The lowest BCUT2D eigenvalue weighted by molar-refractivity contribution is 0.739. The molecule has 0 spiro atoms. The molecule has 122 valence electrons. The van der Waals surface area contributed by atoms with Crippen molar-refractivity contribution in [3.63, 3.8) is 0 Å². The van der Waals surface area contributed by atoms with E-state index in [0.29, 0.717) is 5.92 Å². The van der Waals surface area contributed by atoms with Gasteiger partial charge in [-0.3, -0.25) is 4.98 Å². The summed E-state index contributed by atoms with van der Waals surface area (Å²) in [5.74, 6) is 0.629. The molecule has 0 N–H and O–H groups in total. The molecule has 0 bridgehead atoms. The highest BCUT2D eigenvalue weighted by molar-refractivity contribution is 5.87. The van der Waals surface area contributed by atoms with Crippen molar-refractivity contribution in [2.75, 3.05) is 0 Å². The first-order chi connectivity index (χ1) is 12.3. The summed E-state index contributed by atoms with van der Waals surface area (Å²) in [7, 11) is 0. The van der Waals surface area contributed by atoms with Crippen molar-refractivity contribution in [1.29, 1.82) is 0 Å². The van der Waals surface area contributed by atoms with E-state index in [1.807, 2.05) is 29.2 Å². The summed E-state index contributed by atoms with van der Waals surface area (Å²) in [6.45, 7) is 2.25. The number of hydrogen-bond donors (Lipinski definition) is 0. The van der Waals surface area contributed by atoms with E-state index < -0.39 is 0 Å². The molecule has 3 heterocycles. The molecule has 0 aliphatic heterocycles. The maximum absolute atomic E-state index is 4.74. The van der Waals surface area contributed by atoms with E-state index in [4.69, 9.17) is 4.98 Å². The molecule has 25 heavy (non-hydrogen) atoms. The molecule has 1 unspecified atom stereocenters. The van der Waals surface area contributed by atoms with E-state index in [1.165, 1.54) is 33.5 Å². The number of allylic oxidation sites excluding steroid dienone is 5. The fourth-order valence-corrected chi connectivity index (χ4v) is 3.66. The van der Waals surface area contributed by atoms with Crippen LogP contribution in [0.4, 0.5) is 0 Å². The van der Waals surface area contributed by atoms with E-state index >= 15 is 0 Å². The zero-order valence-electron chi connectivity index (χ0n) is 14.2. The Kier molecular flexibility index (Phi) is 3.20. The zero-order chi connectivity index (χ0) is 16.8. The average molecular weight is 325 g/mol. The van der Waals surface area contributed by atoms with E-state index in [1.54, 1.807) is 0 Å². The van der Waals surface area contributed by atoms with Crippen molar-refractivity contribution in [2.45, 2.75) is 19.8 Å². The molecule has 2 aliphatic rings. The van der Waals surface area contributed by atoms with Gasteiger partial charge in [0.2, 0.25) is 0 Å². The molecule has 5 rings (SSSR count). The monoisotopic (exact) mass is 325 g/mol. The van der Waals surface area contributed by atoms with Crippen molar-refractivity contribution in [2.24, 2.45) is 5.92 Å². The number of pyridine rings is 2. The lowest BCUT2D eigenvalue weighted by Gasteiger charge is -2.13. The third-order valence-corrected chi connectivity index (χ3v) is 5.12. The smallest absolute Gasteiger partial charge is 0.0667 e. The maximum atomic E-state index is 4.74. The van der Waals surface area contributed by atoms with Crippen molar-refractivity contribution >= 4 is 16.7 Å². The van der Waals surface area contributed by atoms with E-state index in [-0.39, 0.29) is 0 Å². The lowest BCUT2D eigenvalue weighted by Crippen LogP contribution is -1.98. The molecule has 0 amide bonds. The molecule has 0 radical (unpaired) electrons. The van der Waals surface area contributed by atoms with Crippen molar-refractivity contribution in [3.8, 4) is 0 Å². The van der Waals surface area contributed by atoms with Crippen LogP contribution in [0, 0.1) is 5.92 Å². The molecule has 0 saturated heterocycles. The molecule has 1 atom stereocenters. The molecule has 0 aromatic carbocycles. The largest absolute Gasteiger partial charge is 0.260 e. The second kappa shape index (κ2) is 5.55. The van der Waals surface area contributed by atoms with Gasteiger partial charge in [-0.2, -0.15) is 5.10 Å². The van der Waals surface area contributed by atoms with E-state index in [2.05, 4.69) is 54.5 Å². The Bertz CT molecular complexity index is 1070. The van der Waals surface area contributed by atoms with Crippen LogP contribution < -0.4 is 0 Å². The minimum atomic E-state index is 0.629. The Hall–Kier alpha value is -2.94. The van der Waals surface area contributed by atoms with Gasteiger partial charge in [-0.25, -0.2) is 4.52 Å². The van der Waals surface area contributed by atoms with Crippen LogP contribution in [0.1, 0.15) is 35.7 Å². The highest BCUT2D eigenvalue weighted by atomic mass is 15.2. The van der Waals surface area contributed by atoms with Crippen molar-refractivity contribution in [3.05, 3.63) is 89.5 Å². The number of fused-ring (bicyclic) bond motifs is 2. The number of nitrogens with zero attached hydrogens (tertiary/aromatic N) is 3. The van der Waals surface area contributed by atoms with Gasteiger partial charge in [0.1, 0.15) is 0 Å². The summed E-state index contributed by atoms with van der Waals surface area (Å²) >= 11 is 0. The quantitative estimate of drug-likeness (QED) is 0.684. The SMILES string of the molecule is CC1C=CC(c2cnc3c(c2)C(c2ccn4nccc4c2)=CC3)=CC1. The summed E-state index contributed by atoms with van der Waals surface area (Å²) < 4.78 is 1.90. The summed E-state index contributed by atoms with van der Waals surface area (Å²) in [6, 6.07) is 8.67. The van der Waals surface area contributed by atoms with Gasteiger partial charge in [-0.1, -0.05) is 31.2 Å². The van der Waals surface area contributed by atoms with Gasteiger partial charge in [-0.05, 0) is 53.3 Å². The van der Waals surface area contributed by atoms with Gasteiger partial charge >= 0.3 is 0 Å². The van der Waals surface area contributed by atoms with Crippen LogP contribution in [0.25, 0.3) is 16.7 Å². The Morgan fingerprint density at radius 2 is 2.08 bits per heavy atom. The number of rotatable bonds is 2. The van der Waals surface area contributed by atoms with Crippen LogP contribution in [0.15, 0.2) is 67.2 Å². The van der Waals surface area contributed by atoms with Crippen LogP contribution >= 0.6 is 0 Å². The molecule has 0 fully saturated rings. The first-order valence-corrected chi connectivity index (χ1v) is 8.80. The van der Waals surface area contributed by atoms with Gasteiger partial charge < -0.3 is 0 Å². The Labute approximate surface area is 147 Å². The topological polar surface area (TPSA) is 30.2 Å². The molecule has 3 aromatic rings. The second-order valence-electron chi connectivity index (χ2n) is 6.89. The predicted molar refractivity (Wildman–Crippen MR) is 101 cm³/mol. The number of hydrogen-bond acceptors (Lipinski definition) is 2. The minimum Gasteiger partial charge on any atom is -0.260 e. The summed E-state index contributed by atoms with van der Waals surface area (Å²) in [5, 5.41) is 4.28. The second-order valence-corrected chi connectivity index (χ2v) is 6.89. The molecule has 3 aromatic heterocycles. The fourth-order valence-electron chi connectivity index (χ4n) is 3.66. The van der Waals surface area contributed by atoms with Gasteiger partial charge in [0.15, 0.2) is 0 Å². The molecule has 2 aliphatic carbocycles. The van der Waals surface area contributed by atoms with Crippen molar-refractivity contribution in [1.82, 2.24) is 14.6 Å². The molecule has 0 saturated carbocycles. The molecule has 3 nitrogen and oxygen atoms in total. The zero-order valence-corrected chi connectivity index (χ0v) is 14.2. The van der Waals surface area contributed by atoms with Gasteiger partial charge in [0.05, 0.1) is 11.2 Å². The predicted octanol–water partition coefficient (Wildman–Crippen LogP) is 4.70. The molecular weight excluding hydrogens is 306 g/mol. The van der Waals surface area contributed by atoms with Crippen LogP contribution in [-0.2, 0) is 6.42 Å². The molecular formula is C22H19N3. The third-order valence-electron chi connectivity index (χ3n) is 5.12. The van der Waals surface area contributed by atoms with Gasteiger partial charge in [0, 0.05) is 36.1 Å². The highest BCUT2D eigenvalue weighted by Gasteiger charge is 2.19. The lowest BCUT2D eigenvalue weighted by atomic mass is 9.93. The third kappa shape index (κ3) is 2.43. The Balaban J connectivity index is 1.56. The average Bonchev–Trinajstić information content (AvgIpc) is 3.27. The highest BCUT2D eigenvalue weighted by Crippen LogP contribution is 2.34. The first-order valence-electron chi connectivity index (χ1n) is 8.80.